The van der Waals surface area contributed by atoms with Crippen molar-refractivity contribution in [3.8, 4) is 18.1 Å². The van der Waals surface area contributed by atoms with Crippen molar-refractivity contribution in [2.75, 3.05) is 6.61 Å². The molecule has 0 radical (unpaired) electrons. The molecule has 0 N–H and O–H groups in total. The number of terminal acetylenes is 1. The molecular weight excluding hydrogens is 310 g/mol. The molecule has 0 fully saturated rings. The van der Waals surface area contributed by atoms with Crippen LogP contribution in [0.3, 0.4) is 0 Å². The summed E-state index contributed by atoms with van der Waals surface area (Å²) in [6.45, 7) is 0.218. The molecule has 3 rings (SSSR count). The first-order chi connectivity index (χ1) is 12.4. The van der Waals surface area contributed by atoms with E-state index in [9.17, 15) is 0 Å². The highest BCUT2D eigenvalue weighted by atomic mass is 16.5. The van der Waals surface area contributed by atoms with Gasteiger partial charge in [0.15, 0.2) is 5.76 Å². The zero-order valence-corrected chi connectivity index (χ0v) is 13.6. The van der Waals surface area contributed by atoms with E-state index in [1.54, 1.807) is 12.5 Å². The van der Waals surface area contributed by atoms with Gasteiger partial charge in [-0.1, -0.05) is 48.4 Å². The molecule has 0 saturated heterocycles. The number of para-hydroxylation sites is 1. The minimum absolute atomic E-state index is 0.218. The lowest BCUT2D eigenvalue weighted by atomic mass is 10.1. The van der Waals surface area contributed by atoms with Crippen LogP contribution in [-0.2, 0) is 0 Å². The van der Waals surface area contributed by atoms with Crippen molar-refractivity contribution in [1.82, 2.24) is 0 Å². The molecule has 0 saturated carbocycles. The van der Waals surface area contributed by atoms with Crippen molar-refractivity contribution >= 4 is 18.0 Å². The quantitative estimate of drug-likeness (QED) is 0.476. The Morgan fingerprint density at radius 2 is 1.84 bits per heavy atom. The Morgan fingerprint density at radius 1 is 1.04 bits per heavy atom. The summed E-state index contributed by atoms with van der Waals surface area (Å²) in [5, 5.41) is 0. The molecule has 0 aliphatic carbocycles. The Bertz CT molecular complexity index is 901. The molecule has 0 unspecified atom stereocenters. The lowest BCUT2D eigenvalue weighted by Crippen LogP contribution is -1.97. The topological polar surface area (TPSA) is 34.7 Å². The predicted octanol–water partition coefficient (Wildman–Crippen LogP) is 4.91. The van der Waals surface area contributed by atoms with Crippen LogP contribution in [0.2, 0.25) is 0 Å². The first-order valence-corrected chi connectivity index (χ1v) is 7.87. The Morgan fingerprint density at radius 3 is 2.60 bits per heavy atom. The van der Waals surface area contributed by atoms with Gasteiger partial charge in [-0.3, -0.25) is 4.99 Å². The molecule has 3 aromatic rings. The summed E-state index contributed by atoms with van der Waals surface area (Å²) in [7, 11) is 0. The lowest BCUT2D eigenvalue weighted by molar-refractivity contribution is 0.370. The van der Waals surface area contributed by atoms with Crippen molar-refractivity contribution in [3.63, 3.8) is 0 Å². The van der Waals surface area contributed by atoms with Gasteiger partial charge in [-0.05, 0) is 35.9 Å². The average Bonchev–Trinajstić information content (AvgIpc) is 3.19. The smallest absolute Gasteiger partial charge is 0.152 e. The van der Waals surface area contributed by atoms with Crippen molar-refractivity contribution in [1.29, 1.82) is 0 Å². The zero-order valence-electron chi connectivity index (χ0n) is 13.6. The third-order valence-corrected chi connectivity index (χ3v) is 3.45. The van der Waals surface area contributed by atoms with E-state index < -0.39 is 0 Å². The van der Waals surface area contributed by atoms with E-state index in [0.29, 0.717) is 11.5 Å². The molecule has 1 aromatic heterocycles. The van der Waals surface area contributed by atoms with Crippen LogP contribution in [-0.4, -0.2) is 12.8 Å². The van der Waals surface area contributed by atoms with Crippen LogP contribution in [0.25, 0.3) is 11.8 Å². The summed E-state index contributed by atoms with van der Waals surface area (Å²) >= 11 is 0. The lowest BCUT2D eigenvalue weighted by Gasteiger charge is -2.06. The summed E-state index contributed by atoms with van der Waals surface area (Å²) in [4.78, 5) is 4.61. The molecule has 25 heavy (non-hydrogen) atoms. The third-order valence-electron chi connectivity index (χ3n) is 3.45. The molecular formula is C22H17NO2. The third kappa shape index (κ3) is 4.49. The standard InChI is InChI=1S/C22H17NO2/c1-2-14-24-21-12-7-6-11-19(21)17-23-20(22-13-8-15-25-22)16-18-9-4-3-5-10-18/h1,3-13,15-17H,14H2/b20-16-,23-17?. The van der Waals surface area contributed by atoms with E-state index in [2.05, 4.69) is 10.9 Å². The monoisotopic (exact) mass is 327 g/mol. The number of furan rings is 1. The van der Waals surface area contributed by atoms with E-state index in [1.807, 2.05) is 72.8 Å². The minimum Gasteiger partial charge on any atom is -0.480 e. The van der Waals surface area contributed by atoms with E-state index in [1.165, 1.54) is 0 Å². The predicted molar refractivity (Wildman–Crippen MR) is 101 cm³/mol. The van der Waals surface area contributed by atoms with Gasteiger partial charge >= 0.3 is 0 Å². The number of ether oxygens (including phenoxy) is 1. The van der Waals surface area contributed by atoms with Gasteiger partial charge in [0.2, 0.25) is 0 Å². The van der Waals surface area contributed by atoms with Gasteiger partial charge in [0.1, 0.15) is 18.1 Å². The Kier molecular flexibility index (Phi) is 5.48. The first-order valence-electron chi connectivity index (χ1n) is 7.87. The van der Waals surface area contributed by atoms with Crippen LogP contribution < -0.4 is 4.74 Å². The van der Waals surface area contributed by atoms with Crippen molar-refractivity contribution < 1.29 is 9.15 Å². The number of rotatable bonds is 6. The van der Waals surface area contributed by atoms with Gasteiger partial charge in [-0.2, -0.15) is 0 Å². The second kappa shape index (κ2) is 8.37. The molecule has 122 valence electrons. The van der Waals surface area contributed by atoms with Crippen LogP contribution in [0, 0.1) is 12.3 Å². The number of hydrogen-bond donors (Lipinski definition) is 0. The minimum atomic E-state index is 0.218. The Hall–Kier alpha value is -3.51. The molecule has 1 heterocycles. The first kappa shape index (κ1) is 16.4. The van der Waals surface area contributed by atoms with Crippen LogP contribution in [0.1, 0.15) is 16.9 Å². The fourth-order valence-electron chi connectivity index (χ4n) is 2.28. The molecule has 0 bridgehead atoms. The van der Waals surface area contributed by atoms with Gasteiger partial charge in [0.05, 0.1) is 6.26 Å². The molecule has 3 heteroatoms. The summed E-state index contributed by atoms with van der Waals surface area (Å²) in [5.41, 5.74) is 2.62. The molecule has 0 amide bonds. The van der Waals surface area contributed by atoms with Crippen molar-refractivity contribution in [3.05, 3.63) is 89.9 Å². The maximum Gasteiger partial charge on any atom is 0.152 e. The van der Waals surface area contributed by atoms with E-state index in [0.717, 1.165) is 16.8 Å². The molecule has 0 aliphatic rings. The largest absolute Gasteiger partial charge is 0.480 e. The van der Waals surface area contributed by atoms with Crippen LogP contribution >= 0.6 is 0 Å². The molecule has 2 aromatic carbocycles. The van der Waals surface area contributed by atoms with Crippen LogP contribution in [0.4, 0.5) is 0 Å². The molecule has 0 aliphatic heterocycles. The van der Waals surface area contributed by atoms with Crippen LogP contribution in [0.5, 0.6) is 5.75 Å². The van der Waals surface area contributed by atoms with Gasteiger partial charge in [0, 0.05) is 11.8 Å². The highest BCUT2D eigenvalue weighted by molar-refractivity contribution is 5.91. The zero-order chi connectivity index (χ0) is 17.3. The normalized spacial score (nSPS) is 11.4. The fraction of sp³-hybridized carbons (Fsp3) is 0.0455. The Balaban J connectivity index is 1.93. The second-order valence-corrected chi connectivity index (χ2v) is 5.21. The fourth-order valence-corrected chi connectivity index (χ4v) is 2.28. The highest BCUT2D eigenvalue weighted by Gasteiger charge is 2.05. The SMILES string of the molecule is C#CCOc1ccccc1C=N/C(=C\c1ccccc1)c1ccco1. The number of aliphatic imine (C=N–C) groups is 1. The maximum absolute atomic E-state index is 5.56. The van der Waals surface area contributed by atoms with Gasteiger partial charge in [-0.25, -0.2) is 0 Å². The molecule has 0 spiro atoms. The van der Waals surface area contributed by atoms with Crippen LogP contribution in [0.15, 0.2) is 82.4 Å². The number of nitrogens with zero attached hydrogens (tertiary/aromatic N) is 1. The second-order valence-electron chi connectivity index (χ2n) is 5.21. The van der Waals surface area contributed by atoms with Gasteiger partial charge in [-0.15, -0.1) is 6.42 Å². The summed E-state index contributed by atoms with van der Waals surface area (Å²) in [6.07, 6.45) is 10.6. The van der Waals surface area contributed by atoms with Gasteiger partial charge in [0.25, 0.3) is 0 Å². The van der Waals surface area contributed by atoms with E-state index in [4.69, 9.17) is 15.6 Å². The van der Waals surface area contributed by atoms with Gasteiger partial charge < -0.3 is 9.15 Å². The maximum atomic E-state index is 5.56. The number of hydrogen-bond acceptors (Lipinski definition) is 3. The van der Waals surface area contributed by atoms with E-state index in [-0.39, 0.29) is 6.61 Å². The van der Waals surface area contributed by atoms with Crippen molar-refractivity contribution in [2.24, 2.45) is 4.99 Å². The average molecular weight is 327 g/mol. The highest BCUT2D eigenvalue weighted by Crippen LogP contribution is 2.22. The number of benzene rings is 2. The molecule has 0 atom stereocenters. The van der Waals surface area contributed by atoms with E-state index >= 15 is 0 Å². The summed E-state index contributed by atoms with van der Waals surface area (Å²) in [6, 6.07) is 21.3. The van der Waals surface area contributed by atoms with Crippen molar-refractivity contribution in [2.45, 2.75) is 0 Å². The molecule has 3 nitrogen and oxygen atoms in total. The summed E-state index contributed by atoms with van der Waals surface area (Å²) in [5.74, 6) is 3.86. The Labute approximate surface area is 147 Å². The summed E-state index contributed by atoms with van der Waals surface area (Å²) < 4.78 is 11.1.